The van der Waals surface area contributed by atoms with Crippen LogP contribution in [0.5, 0.6) is 0 Å². The SMILES string of the molecule is Cc1nc(CNC(=O)NC(CO)CC(C)C)c(C)s1. The Balaban J connectivity index is 2.40. The standard InChI is InChI=1S/C13H23N3O2S/c1-8(2)5-11(7-17)16-13(18)14-6-12-9(3)19-10(4)15-12/h8,11,17H,5-7H2,1-4H3,(H2,14,16,18). The molecule has 108 valence electrons. The molecule has 1 unspecified atom stereocenters. The number of thiazole rings is 1. The number of carbonyl (C=O) groups is 1. The van der Waals surface area contributed by atoms with Gasteiger partial charge in [-0.3, -0.25) is 0 Å². The average molecular weight is 285 g/mol. The van der Waals surface area contributed by atoms with E-state index >= 15 is 0 Å². The van der Waals surface area contributed by atoms with E-state index in [1.165, 1.54) is 0 Å². The number of nitrogens with one attached hydrogen (secondary N) is 2. The van der Waals surface area contributed by atoms with Crippen LogP contribution in [-0.4, -0.2) is 28.8 Å². The Morgan fingerprint density at radius 3 is 2.58 bits per heavy atom. The summed E-state index contributed by atoms with van der Waals surface area (Å²) in [5.74, 6) is 0.431. The number of aryl methyl sites for hydroxylation is 2. The van der Waals surface area contributed by atoms with E-state index in [9.17, 15) is 9.90 Å². The predicted octanol–water partition coefficient (Wildman–Crippen LogP) is 1.97. The van der Waals surface area contributed by atoms with Crippen molar-refractivity contribution in [1.82, 2.24) is 15.6 Å². The van der Waals surface area contributed by atoms with Gasteiger partial charge in [0.2, 0.25) is 0 Å². The summed E-state index contributed by atoms with van der Waals surface area (Å²) in [7, 11) is 0. The number of rotatable bonds is 6. The number of amides is 2. The molecule has 1 heterocycles. The molecule has 5 nitrogen and oxygen atoms in total. The second kappa shape index (κ2) is 7.45. The van der Waals surface area contributed by atoms with Gasteiger partial charge in [0.15, 0.2) is 0 Å². The van der Waals surface area contributed by atoms with Crippen LogP contribution in [0.15, 0.2) is 0 Å². The lowest BCUT2D eigenvalue weighted by Crippen LogP contribution is -2.44. The molecule has 0 radical (unpaired) electrons. The summed E-state index contributed by atoms with van der Waals surface area (Å²) in [6, 6.07) is -0.456. The smallest absolute Gasteiger partial charge is 0.315 e. The van der Waals surface area contributed by atoms with Crippen LogP contribution in [0.25, 0.3) is 0 Å². The molecule has 0 aromatic carbocycles. The molecule has 0 fully saturated rings. The van der Waals surface area contributed by atoms with Gasteiger partial charge in [-0.15, -0.1) is 11.3 Å². The number of urea groups is 1. The van der Waals surface area contributed by atoms with Gasteiger partial charge in [0, 0.05) is 4.88 Å². The van der Waals surface area contributed by atoms with Crippen LogP contribution in [0.2, 0.25) is 0 Å². The molecule has 3 N–H and O–H groups in total. The third-order valence-corrected chi connectivity index (χ3v) is 3.66. The molecule has 0 aliphatic heterocycles. The summed E-state index contributed by atoms with van der Waals surface area (Å²) in [6.45, 7) is 8.44. The Morgan fingerprint density at radius 2 is 2.11 bits per heavy atom. The van der Waals surface area contributed by atoms with Crippen LogP contribution < -0.4 is 10.6 Å². The molecule has 19 heavy (non-hydrogen) atoms. The fourth-order valence-electron chi connectivity index (χ4n) is 1.88. The van der Waals surface area contributed by atoms with Crippen molar-refractivity contribution in [3.05, 3.63) is 15.6 Å². The average Bonchev–Trinajstić information content (AvgIpc) is 2.63. The minimum Gasteiger partial charge on any atom is -0.394 e. The van der Waals surface area contributed by atoms with E-state index in [1.54, 1.807) is 11.3 Å². The first-order valence-corrected chi connectivity index (χ1v) is 7.32. The van der Waals surface area contributed by atoms with Gasteiger partial charge in [-0.2, -0.15) is 0 Å². The molecule has 0 spiro atoms. The molecule has 1 atom stereocenters. The molecule has 1 aromatic heterocycles. The third kappa shape index (κ3) is 5.57. The van der Waals surface area contributed by atoms with Gasteiger partial charge >= 0.3 is 6.03 Å². The van der Waals surface area contributed by atoms with E-state index < -0.39 is 0 Å². The summed E-state index contributed by atoms with van der Waals surface area (Å²) in [5, 5.41) is 15.8. The van der Waals surface area contributed by atoms with Gasteiger partial charge in [-0.25, -0.2) is 9.78 Å². The normalized spacial score (nSPS) is 12.5. The van der Waals surface area contributed by atoms with E-state index in [4.69, 9.17) is 0 Å². The zero-order chi connectivity index (χ0) is 14.4. The second-order valence-corrected chi connectivity index (χ2v) is 6.48. The highest BCUT2D eigenvalue weighted by Crippen LogP contribution is 2.15. The zero-order valence-electron chi connectivity index (χ0n) is 12.0. The van der Waals surface area contributed by atoms with Crippen LogP contribution in [0.4, 0.5) is 4.79 Å². The summed E-state index contributed by atoms with van der Waals surface area (Å²) in [4.78, 5) is 17.2. The molecular formula is C13H23N3O2S. The molecule has 2 amide bonds. The van der Waals surface area contributed by atoms with Gasteiger partial charge in [-0.1, -0.05) is 13.8 Å². The Labute approximate surface area is 118 Å². The number of nitrogens with zero attached hydrogens (tertiary/aromatic N) is 1. The van der Waals surface area contributed by atoms with E-state index in [-0.39, 0.29) is 18.7 Å². The fourth-order valence-corrected chi connectivity index (χ4v) is 2.72. The fraction of sp³-hybridized carbons (Fsp3) is 0.692. The topological polar surface area (TPSA) is 74.2 Å². The largest absolute Gasteiger partial charge is 0.394 e. The van der Waals surface area contributed by atoms with E-state index in [1.807, 2.05) is 13.8 Å². The molecule has 6 heteroatoms. The lowest BCUT2D eigenvalue weighted by atomic mass is 10.0. The van der Waals surface area contributed by atoms with Crippen molar-refractivity contribution in [2.75, 3.05) is 6.61 Å². The van der Waals surface area contributed by atoms with Crippen molar-refractivity contribution in [2.24, 2.45) is 5.92 Å². The highest BCUT2D eigenvalue weighted by Gasteiger charge is 2.13. The first kappa shape index (κ1) is 15.9. The van der Waals surface area contributed by atoms with Crippen molar-refractivity contribution in [2.45, 2.75) is 46.7 Å². The molecule has 0 bridgehead atoms. The number of hydrogen-bond donors (Lipinski definition) is 3. The van der Waals surface area contributed by atoms with Gasteiger partial charge in [0.05, 0.1) is 29.9 Å². The zero-order valence-corrected chi connectivity index (χ0v) is 12.8. The van der Waals surface area contributed by atoms with Crippen molar-refractivity contribution in [3.8, 4) is 0 Å². The van der Waals surface area contributed by atoms with Crippen molar-refractivity contribution < 1.29 is 9.90 Å². The number of aliphatic hydroxyl groups excluding tert-OH is 1. The number of hydrogen-bond acceptors (Lipinski definition) is 4. The third-order valence-electron chi connectivity index (χ3n) is 2.73. The summed E-state index contributed by atoms with van der Waals surface area (Å²) < 4.78 is 0. The maximum Gasteiger partial charge on any atom is 0.315 e. The monoisotopic (exact) mass is 285 g/mol. The van der Waals surface area contributed by atoms with Crippen LogP contribution in [0, 0.1) is 19.8 Å². The Kier molecular flexibility index (Phi) is 6.24. The van der Waals surface area contributed by atoms with Crippen molar-refractivity contribution in [3.63, 3.8) is 0 Å². The number of aromatic nitrogens is 1. The quantitative estimate of drug-likeness (QED) is 0.748. The Bertz CT molecular complexity index is 418. The van der Waals surface area contributed by atoms with Gasteiger partial charge in [0.1, 0.15) is 0 Å². The van der Waals surface area contributed by atoms with E-state index in [2.05, 4.69) is 29.5 Å². The minimum atomic E-state index is -0.259. The maximum atomic E-state index is 11.7. The highest BCUT2D eigenvalue weighted by atomic mass is 32.1. The van der Waals surface area contributed by atoms with Crippen LogP contribution in [0.3, 0.4) is 0 Å². The van der Waals surface area contributed by atoms with Gasteiger partial charge in [-0.05, 0) is 26.2 Å². The first-order valence-electron chi connectivity index (χ1n) is 6.50. The van der Waals surface area contributed by atoms with E-state index in [0.29, 0.717) is 12.5 Å². The summed E-state index contributed by atoms with van der Waals surface area (Å²) in [5.41, 5.74) is 0.905. The van der Waals surface area contributed by atoms with Crippen LogP contribution in [0.1, 0.15) is 35.8 Å². The second-order valence-electron chi connectivity index (χ2n) is 5.07. The van der Waals surface area contributed by atoms with Crippen LogP contribution in [-0.2, 0) is 6.54 Å². The van der Waals surface area contributed by atoms with Gasteiger partial charge in [0.25, 0.3) is 0 Å². The molecule has 1 rings (SSSR count). The Morgan fingerprint density at radius 1 is 1.42 bits per heavy atom. The highest BCUT2D eigenvalue weighted by molar-refractivity contribution is 7.11. The first-order chi connectivity index (χ1) is 8.92. The molecule has 0 aliphatic rings. The number of aliphatic hydroxyl groups is 1. The lowest BCUT2D eigenvalue weighted by molar-refractivity contribution is 0.206. The Hall–Kier alpha value is -1.14. The summed E-state index contributed by atoms with van der Waals surface area (Å²) >= 11 is 1.62. The lowest BCUT2D eigenvalue weighted by Gasteiger charge is -2.18. The molecule has 0 aliphatic carbocycles. The summed E-state index contributed by atoms with van der Waals surface area (Å²) in [6.07, 6.45) is 0.763. The minimum absolute atomic E-state index is 0.0412. The molecular weight excluding hydrogens is 262 g/mol. The molecule has 0 saturated heterocycles. The molecule has 0 saturated carbocycles. The van der Waals surface area contributed by atoms with Gasteiger partial charge < -0.3 is 15.7 Å². The predicted molar refractivity (Wildman–Crippen MR) is 77.3 cm³/mol. The van der Waals surface area contributed by atoms with Crippen molar-refractivity contribution >= 4 is 17.4 Å². The maximum absolute atomic E-state index is 11.7. The van der Waals surface area contributed by atoms with Crippen LogP contribution >= 0.6 is 11.3 Å². The molecule has 1 aromatic rings. The van der Waals surface area contributed by atoms with Crippen molar-refractivity contribution in [1.29, 1.82) is 0 Å². The van der Waals surface area contributed by atoms with E-state index in [0.717, 1.165) is 22.0 Å². The number of carbonyl (C=O) groups excluding carboxylic acids is 1.